The van der Waals surface area contributed by atoms with Crippen molar-refractivity contribution in [3.8, 4) is 0 Å². The van der Waals surface area contributed by atoms with E-state index in [2.05, 4.69) is 4.74 Å². The van der Waals surface area contributed by atoms with Crippen LogP contribution in [0, 0.1) is 0 Å². The summed E-state index contributed by atoms with van der Waals surface area (Å²) in [6, 6.07) is 0. The van der Waals surface area contributed by atoms with Gasteiger partial charge in [-0.3, -0.25) is 0 Å². The zero-order chi connectivity index (χ0) is 9.61. The van der Waals surface area contributed by atoms with Gasteiger partial charge in [0, 0.05) is 0 Å². The Hall–Kier alpha value is -0.970. The molecule has 0 aliphatic carbocycles. The first-order valence-corrected chi connectivity index (χ1v) is 3.38. The molecule has 0 fully saturated rings. The summed E-state index contributed by atoms with van der Waals surface area (Å²) in [4.78, 5) is 10.5. The number of alkyl halides is 2. The monoisotopic (exact) mass is 180 g/mol. The molecule has 0 saturated carbocycles. The van der Waals surface area contributed by atoms with Gasteiger partial charge in [-0.1, -0.05) is 6.08 Å². The van der Waals surface area contributed by atoms with Crippen LogP contribution in [0.5, 0.6) is 0 Å². The Balaban J connectivity index is 4.18. The van der Waals surface area contributed by atoms with Crippen molar-refractivity contribution in [3.05, 3.63) is 12.2 Å². The maximum Gasteiger partial charge on any atom is 0.381 e. The summed E-state index contributed by atoms with van der Waals surface area (Å²) < 4.78 is 29.1. The fourth-order valence-electron chi connectivity index (χ4n) is 0.496. The van der Waals surface area contributed by atoms with Crippen molar-refractivity contribution in [2.45, 2.75) is 12.8 Å². The standard InChI is InChI=1S/C7H10F2O3/c1-2-12-6(11)7(8,9)4-3-5-10/h3-4,10H,2,5H2,1H3/b4-3+. The number of aliphatic hydroxyl groups excluding tert-OH is 1. The minimum absolute atomic E-state index is 0.0958. The summed E-state index contributed by atoms with van der Waals surface area (Å²) in [6.45, 7) is 0.806. The Morgan fingerprint density at radius 1 is 1.67 bits per heavy atom. The molecule has 0 amide bonds. The van der Waals surface area contributed by atoms with Crippen LogP contribution in [0.2, 0.25) is 0 Å². The number of esters is 1. The van der Waals surface area contributed by atoms with Gasteiger partial charge in [0.2, 0.25) is 0 Å². The van der Waals surface area contributed by atoms with Gasteiger partial charge in [-0.15, -0.1) is 0 Å². The smallest absolute Gasteiger partial charge is 0.381 e. The third kappa shape index (κ3) is 3.43. The molecule has 0 aliphatic rings. The van der Waals surface area contributed by atoms with Gasteiger partial charge in [-0.05, 0) is 13.0 Å². The molecule has 12 heavy (non-hydrogen) atoms. The minimum atomic E-state index is -3.64. The van der Waals surface area contributed by atoms with Crippen molar-refractivity contribution in [1.82, 2.24) is 0 Å². The summed E-state index contributed by atoms with van der Waals surface area (Å²) in [5, 5.41) is 8.17. The van der Waals surface area contributed by atoms with Crippen LogP contribution in [0.25, 0.3) is 0 Å². The lowest BCUT2D eigenvalue weighted by Crippen LogP contribution is -2.28. The van der Waals surface area contributed by atoms with Crippen molar-refractivity contribution < 1.29 is 23.4 Å². The molecule has 0 aromatic rings. The van der Waals surface area contributed by atoms with Gasteiger partial charge in [0.05, 0.1) is 13.2 Å². The molecule has 0 rings (SSSR count). The third-order valence-electron chi connectivity index (χ3n) is 0.980. The lowest BCUT2D eigenvalue weighted by molar-refractivity contribution is -0.164. The molecule has 0 heterocycles. The Morgan fingerprint density at radius 3 is 2.67 bits per heavy atom. The van der Waals surface area contributed by atoms with Crippen molar-refractivity contribution in [2.24, 2.45) is 0 Å². The molecular formula is C7H10F2O3. The van der Waals surface area contributed by atoms with Gasteiger partial charge in [0.25, 0.3) is 0 Å². The van der Waals surface area contributed by atoms with Gasteiger partial charge >= 0.3 is 11.9 Å². The Morgan fingerprint density at radius 2 is 2.25 bits per heavy atom. The fraction of sp³-hybridized carbons (Fsp3) is 0.571. The molecule has 5 heteroatoms. The molecule has 0 aromatic carbocycles. The molecule has 1 N–H and O–H groups in total. The van der Waals surface area contributed by atoms with Gasteiger partial charge in [-0.2, -0.15) is 8.78 Å². The van der Waals surface area contributed by atoms with Crippen molar-refractivity contribution in [1.29, 1.82) is 0 Å². The molecular weight excluding hydrogens is 170 g/mol. The number of hydrogen-bond acceptors (Lipinski definition) is 3. The SMILES string of the molecule is CCOC(=O)C(F)(F)/C=C/CO. The zero-order valence-electron chi connectivity index (χ0n) is 6.59. The predicted molar refractivity (Wildman–Crippen MR) is 37.8 cm³/mol. The number of ether oxygens (including phenoxy) is 1. The van der Waals surface area contributed by atoms with E-state index in [1.54, 1.807) is 0 Å². The molecule has 0 aliphatic heterocycles. The maximum atomic E-state index is 12.5. The molecule has 0 bridgehead atoms. The van der Waals surface area contributed by atoms with Gasteiger partial charge in [-0.25, -0.2) is 4.79 Å². The highest BCUT2D eigenvalue weighted by molar-refractivity contribution is 5.79. The van der Waals surface area contributed by atoms with Crippen molar-refractivity contribution in [3.63, 3.8) is 0 Å². The van der Waals surface area contributed by atoms with Crippen molar-refractivity contribution in [2.75, 3.05) is 13.2 Å². The van der Waals surface area contributed by atoms with Crippen LogP contribution in [-0.2, 0) is 9.53 Å². The second kappa shape index (κ2) is 4.82. The van der Waals surface area contributed by atoms with E-state index in [0.717, 1.165) is 6.08 Å². The van der Waals surface area contributed by atoms with Crippen LogP contribution < -0.4 is 0 Å². The van der Waals surface area contributed by atoms with Crippen LogP contribution in [0.4, 0.5) is 8.78 Å². The minimum Gasteiger partial charge on any atom is -0.461 e. The highest BCUT2D eigenvalue weighted by atomic mass is 19.3. The number of carbonyl (C=O) groups excluding carboxylic acids is 1. The summed E-state index contributed by atoms with van der Waals surface area (Å²) in [5.41, 5.74) is 0. The molecule has 0 radical (unpaired) electrons. The lowest BCUT2D eigenvalue weighted by atomic mass is 10.3. The molecule has 0 atom stereocenters. The van der Waals surface area contributed by atoms with Crippen LogP contribution in [0.1, 0.15) is 6.92 Å². The van der Waals surface area contributed by atoms with E-state index in [4.69, 9.17) is 5.11 Å². The first kappa shape index (κ1) is 11.0. The largest absolute Gasteiger partial charge is 0.461 e. The Labute approximate surface area is 68.6 Å². The number of hydrogen-bond donors (Lipinski definition) is 1. The topological polar surface area (TPSA) is 46.5 Å². The van der Waals surface area contributed by atoms with E-state index in [1.807, 2.05) is 0 Å². The second-order valence-electron chi connectivity index (χ2n) is 1.93. The van der Waals surface area contributed by atoms with E-state index in [0.29, 0.717) is 6.08 Å². The highest BCUT2D eigenvalue weighted by Crippen LogP contribution is 2.16. The Kier molecular flexibility index (Phi) is 4.43. The van der Waals surface area contributed by atoms with E-state index in [1.165, 1.54) is 6.92 Å². The van der Waals surface area contributed by atoms with E-state index in [-0.39, 0.29) is 6.61 Å². The quantitative estimate of drug-likeness (QED) is 0.512. The number of halogens is 2. The number of carbonyl (C=O) groups is 1. The molecule has 0 spiro atoms. The summed E-state index contributed by atoms with van der Waals surface area (Å²) in [7, 11) is 0. The highest BCUT2D eigenvalue weighted by Gasteiger charge is 2.37. The zero-order valence-corrected chi connectivity index (χ0v) is 6.59. The number of rotatable bonds is 4. The average molecular weight is 180 g/mol. The van der Waals surface area contributed by atoms with Crippen LogP contribution >= 0.6 is 0 Å². The second-order valence-corrected chi connectivity index (χ2v) is 1.93. The van der Waals surface area contributed by atoms with Gasteiger partial charge < -0.3 is 9.84 Å². The first-order chi connectivity index (χ1) is 5.54. The van der Waals surface area contributed by atoms with E-state index < -0.39 is 18.5 Å². The van der Waals surface area contributed by atoms with E-state index >= 15 is 0 Å². The predicted octanol–water partition coefficient (Wildman–Crippen LogP) is 0.733. The third-order valence-corrected chi connectivity index (χ3v) is 0.980. The molecule has 0 aromatic heterocycles. The molecule has 70 valence electrons. The summed E-state index contributed by atoms with van der Waals surface area (Å²) in [6.07, 6.45) is 1.10. The van der Waals surface area contributed by atoms with Crippen LogP contribution in [0.3, 0.4) is 0 Å². The summed E-state index contributed by atoms with van der Waals surface area (Å²) >= 11 is 0. The number of aliphatic hydroxyl groups is 1. The van der Waals surface area contributed by atoms with Crippen LogP contribution in [-0.4, -0.2) is 30.2 Å². The average Bonchev–Trinajstić information content (AvgIpc) is 2.01. The maximum absolute atomic E-state index is 12.5. The van der Waals surface area contributed by atoms with Gasteiger partial charge in [0.1, 0.15) is 0 Å². The Bertz CT molecular complexity index is 177. The van der Waals surface area contributed by atoms with Crippen LogP contribution in [0.15, 0.2) is 12.2 Å². The molecule has 0 unspecified atom stereocenters. The van der Waals surface area contributed by atoms with E-state index in [9.17, 15) is 13.6 Å². The normalized spacial score (nSPS) is 12.0. The summed E-state index contributed by atoms with van der Waals surface area (Å²) in [5.74, 6) is -5.24. The van der Waals surface area contributed by atoms with Crippen molar-refractivity contribution >= 4 is 5.97 Å². The fourth-order valence-corrected chi connectivity index (χ4v) is 0.496. The lowest BCUT2D eigenvalue weighted by Gasteiger charge is -2.09. The molecule has 0 saturated heterocycles. The molecule has 3 nitrogen and oxygen atoms in total. The van der Waals surface area contributed by atoms with Gasteiger partial charge in [0.15, 0.2) is 0 Å². The first-order valence-electron chi connectivity index (χ1n) is 3.38.